The van der Waals surface area contributed by atoms with Gasteiger partial charge in [-0.2, -0.15) is 0 Å². The average molecular weight is 421 g/mol. The van der Waals surface area contributed by atoms with Gasteiger partial charge in [-0.1, -0.05) is 68.0 Å². The zero-order valence-electron chi connectivity index (χ0n) is 21.1. The lowest BCUT2D eigenvalue weighted by atomic mass is 9.40. The van der Waals surface area contributed by atoms with Crippen molar-refractivity contribution in [2.24, 2.45) is 39.9 Å². The molecule has 4 saturated carbocycles. The van der Waals surface area contributed by atoms with Crippen LogP contribution in [0.3, 0.4) is 0 Å². The minimum Gasteiger partial charge on any atom is -0.393 e. The van der Waals surface area contributed by atoms with E-state index in [4.69, 9.17) is 0 Å². The van der Waals surface area contributed by atoms with Crippen LogP contribution in [0.1, 0.15) is 127 Å². The fraction of sp³-hybridized carbons (Fsp3) is 0.931. The van der Waals surface area contributed by atoms with Crippen LogP contribution in [0.15, 0.2) is 12.2 Å². The predicted octanol–water partition coefficient (Wildman–Crippen LogP) is 9.05. The summed E-state index contributed by atoms with van der Waals surface area (Å²) in [6.45, 7) is 22.1. The van der Waals surface area contributed by atoms with E-state index in [0.717, 1.165) is 17.8 Å². The van der Waals surface area contributed by atoms with Crippen LogP contribution in [-0.2, 0) is 0 Å². The molecule has 1 N–H and O–H groups in total. The molecule has 0 aromatic carbocycles. The Morgan fingerprint density at radius 2 is 1.60 bits per heavy atom. The molecule has 1 heteroatoms. The highest BCUT2D eigenvalue weighted by Gasteiger charge is 2.63. The largest absolute Gasteiger partial charge is 0.393 e. The van der Waals surface area contributed by atoms with Gasteiger partial charge in [0.05, 0.1) is 6.10 Å². The molecular formula is C29H56O. The molecule has 4 aliphatic carbocycles. The monoisotopic (exact) mass is 420 g/mol. The fourth-order valence-corrected chi connectivity index (χ4v) is 8.83. The number of hydrogen-bond acceptors (Lipinski definition) is 1. The Morgan fingerprint density at radius 1 is 0.967 bits per heavy atom. The third-order valence-electron chi connectivity index (χ3n) is 10.3. The van der Waals surface area contributed by atoms with Crippen molar-refractivity contribution in [3.8, 4) is 0 Å². The van der Waals surface area contributed by atoms with Crippen molar-refractivity contribution < 1.29 is 5.11 Å². The van der Waals surface area contributed by atoms with Gasteiger partial charge in [0, 0.05) is 0 Å². The Bertz CT molecular complexity index is 551. The summed E-state index contributed by atoms with van der Waals surface area (Å²) in [5.74, 6) is 3.26. The van der Waals surface area contributed by atoms with Crippen molar-refractivity contribution in [1.82, 2.24) is 0 Å². The van der Waals surface area contributed by atoms with Crippen LogP contribution < -0.4 is 0 Å². The first-order valence-corrected chi connectivity index (χ1v) is 13.1. The van der Waals surface area contributed by atoms with Crippen molar-refractivity contribution in [3.63, 3.8) is 0 Å². The number of aliphatic hydroxyl groups excluding tert-OH is 1. The van der Waals surface area contributed by atoms with E-state index in [9.17, 15) is 5.11 Å². The smallest absolute Gasteiger partial charge is 0.0545 e. The van der Waals surface area contributed by atoms with Gasteiger partial charge in [-0.15, -0.1) is 0 Å². The highest BCUT2D eigenvalue weighted by Crippen LogP contribution is 2.71. The number of rotatable bonds is 2. The molecule has 30 heavy (non-hydrogen) atoms. The van der Waals surface area contributed by atoms with Crippen molar-refractivity contribution in [1.29, 1.82) is 0 Å². The summed E-state index contributed by atoms with van der Waals surface area (Å²) in [6.07, 6.45) is 13.3. The molecule has 0 saturated heterocycles. The van der Waals surface area contributed by atoms with Gasteiger partial charge in [0.25, 0.3) is 0 Å². The molecule has 0 aliphatic heterocycles. The van der Waals surface area contributed by atoms with Crippen LogP contribution in [0.5, 0.6) is 0 Å². The van der Waals surface area contributed by atoms with Gasteiger partial charge in [0.2, 0.25) is 0 Å². The molecular weight excluding hydrogens is 364 g/mol. The summed E-state index contributed by atoms with van der Waals surface area (Å²) >= 11 is 0. The first-order chi connectivity index (χ1) is 13.8. The van der Waals surface area contributed by atoms with Crippen molar-refractivity contribution in [2.45, 2.75) is 133 Å². The van der Waals surface area contributed by atoms with Gasteiger partial charge in [-0.05, 0) is 111 Å². The number of fused-ring (bicyclic) bond motifs is 5. The lowest BCUT2D eigenvalue weighted by Gasteiger charge is -2.65. The Kier molecular flexibility index (Phi) is 9.75. The Balaban J connectivity index is 0.000000851. The molecule has 8 atom stereocenters. The summed E-state index contributed by atoms with van der Waals surface area (Å²) in [5.41, 5.74) is 2.95. The zero-order valence-corrected chi connectivity index (χ0v) is 21.1. The van der Waals surface area contributed by atoms with Crippen LogP contribution in [0, 0.1) is 39.9 Å². The van der Waals surface area contributed by atoms with E-state index in [1.807, 2.05) is 27.7 Å². The molecule has 0 amide bonds. The first kappa shape index (κ1) is 27.7. The molecule has 4 fully saturated rings. The third-order valence-corrected chi connectivity index (χ3v) is 10.3. The standard InChI is InChI=1S/C24H40O.2C2H6.CH4/c1-6-24-14-11-20-18(21(24)8-7-19(24)17(3)25)10-12-22(4)15-16(2)9-13-23(20,22)5;2*1-2;/h17-21,25H,2,6-15H2,1,3-5H3;2*1-2H3;1H4. The van der Waals surface area contributed by atoms with Gasteiger partial charge in [0.1, 0.15) is 0 Å². The van der Waals surface area contributed by atoms with E-state index in [1.54, 1.807) is 0 Å². The quantitative estimate of drug-likeness (QED) is 0.442. The lowest BCUT2D eigenvalue weighted by molar-refractivity contribution is -0.153. The minimum atomic E-state index is -0.121. The normalized spacial score (nSPS) is 45.2. The van der Waals surface area contributed by atoms with Gasteiger partial charge >= 0.3 is 0 Å². The van der Waals surface area contributed by atoms with Crippen molar-refractivity contribution in [3.05, 3.63) is 12.2 Å². The number of hydrogen-bond donors (Lipinski definition) is 1. The zero-order chi connectivity index (χ0) is 22.0. The molecule has 4 aliphatic rings. The minimum absolute atomic E-state index is 0. The maximum atomic E-state index is 10.5. The summed E-state index contributed by atoms with van der Waals surface area (Å²) in [5, 5.41) is 10.5. The number of allylic oxidation sites excluding steroid dienone is 1. The summed E-state index contributed by atoms with van der Waals surface area (Å²) in [7, 11) is 0. The van der Waals surface area contributed by atoms with E-state index < -0.39 is 0 Å². The highest BCUT2D eigenvalue weighted by molar-refractivity contribution is 5.17. The SMILES string of the molecule is C.C=C1CCC2(C)C3CCC4(CC)C(C(C)O)CCC4C3CCC2(C)C1.CC.CC. The lowest BCUT2D eigenvalue weighted by Crippen LogP contribution is -2.57. The molecule has 1 nitrogen and oxygen atoms in total. The summed E-state index contributed by atoms with van der Waals surface area (Å²) in [6, 6.07) is 0. The maximum absolute atomic E-state index is 10.5. The Hall–Kier alpha value is -0.300. The maximum Gasteiger partial charge on any atom is 0.0545 e. The van der Waals surface area contributed by atoms with E-state index in [-0.39, 0.29) is 13.5 Å². The predicted molar refractivity (Wildman–Crippen MR) is 135 cm³/mol. The van der Waals surface area contributed by atoms with E-state index in [1.165, 1.54) is 69.8 Å². The highest BCUT2D eigenvalue weighted by atomic mass is 16.3. The van der Waals surface area contributed by atoms with Gasteiger partial charge in [-0.25, -0.2) is 0 Å². The first-order valence-electron chi connectivity index (χ1n) is 13.1. The van der Waals surface area contributed by atoms with E-state index in [0.29, 0.717) is 22.2 Å². The van der Waals surface area contributed by atoms with Gasteiger partial charge in [0.15, 0.2) is 0 Å². The second-order valence-electron chi connectivity index (χ2n) is 10.9. The van der Waals surface area contributed by atoms with Crippen LogP contribution in [-0.4, -0.2) is 11.2 Å². The van der Waals surface area contributed by atoms with Crippen LogP contribution in [0.2, 0.25) is 0 Å². The van der Waals surface area contributed by atoms with Crippen molar-refractivity contribution >= 4 is 0 Å². The van der Waals surface area contributed by atoms with Gasteiger partial charge in [-0.3, -0.25) is 0 Å². The molecule has 0 radical (unpaired) electrons. The summed E-state index contributed by atoms with van der Waals surface area (Å²) < 4.78 is 0. The van der Waals surface area contributed by atoms with Crippen LogP contribution in [0.25, 0.3) is 0 Å². The fourth-order valence-electron chi connectivity index (χ4n) is 8.83. The topological polar surface area (TPSA) is 20.2 Å². The van der Waals surface area contributed by atoms with Gasteiger partial charge < -0.3 is 5.11 Å². The summed E-state index contributed by atoms with van der Waals surface area (Å²) in [4.78, 5) is 0. The molecule has 0 aromatic heterocycles. The second kappa shape index (κ2) is 10.5. The molecule has 0 heterocycles. The molecule has 0 spiro atoms. The Labute approximate surface area is 190 Å². The molecule has 4 rings (SSSR count). The second-order valence-corrected chi connectivity index (χ2v) is 10.9. The van der Waals surface area contributed by atoms with Crippen molar-refractivity contribution in [2.75, 3.05) is 0 Å². The van der Waals surface area contributed by atoms with Crippen LogP contribution in [0.4, 0.5) is 0 Å². The molecule has 0 aromatic rings. The van der Waals surface area contributed by atoms with E-state index in [2.05, 4.69) is 34.3 Å². The third kappa shape index (κ3) is 4.06. The molecule has 178 valence electrons. The molecule has 0 bridgehead atoms. The molecule has 8 unspecified atom stereocenters. The Morgan fingerprint density at radius 3 is 2.17 bits per heavy atom. The van der Waals surface area contributed by atoms with E-state index >= 15 is 0 Å². The number of aliphatic hydroxyl groups is 1. The average Bonchev–Trinajstić information content (AvgIpc) is 3.12. The van der Waals surface area contributed by atoms with Crippen LogP contribution >= 0.6 is 0 Å².